The number of aliphatic hydroxyl groups is 1. The molecule has 2 N–H and O–H groups in total. The fourth-order valence-electron chi connectivity index (χ4n) is 1.92. The molecule has 0 aliphatic rings. The van der Waals surface area contributed by atoms with Crippen LogP contribution in [0.4, 0.5) is 5.69 Å². The highest BCUT2D eigenvalue weighted by molar-refractivity contribution is 5.94. The average Bonchev–Trinajstić information content (AvgIpc) is 2.52. The molecule has 0 bridgehead atoms. The zero-order valence-corrected chi connectivity index (χ0v) is 13.6. The first-order valence-electron chi connectivity index (χ1n) is 7.47. The summed E-state index contributed by atoms with van der Waals surface area (Å²) in [6, 6.07) is 10.9. The summed E-state index contributed by atoms with van der Waals surface area (Å²) in [5, 5.41) is 12.7. The number of ether oxygens (including phenoxy) is 1. The maximum absolute atomic E-state index is 12.0. The van der Waals surface area contributed by atoms with Crippen LogP contribution in [0.3, 0.4) is 0 Å². The third-order valence-corrected chi connectivity index (χ3v) is 3.30. The van der Waals surface area contributed by atoms with Gasteiger partial charge in [-0.2, -0.15) is 0 Å². The molecule has 0 fully saturated rings. The molecule has 0 spiro atoms. The van der Waals surface area contributed by atoms with Crippen molar-refractivity contribution < 1.29 is 14.6 Å². The Labute approximate surface area is 136 Å². The highest BCUT2D eigenvalue weighted by Gasteiger charge is 2.28. The van der Waals surface area contributed by atoms with Crippen molar-refractivity contribution >= 4 is 11.6 Å². The first-order valence-corrected chi connectivity index (χ1v) is 7.47. The Morgan fingerprint density at radius 1 is 1.30 bits per heavy atom. The molecule has 2 aromatic rings. The molecule has 1 amide bonds. The number of rotatable bonds is 5. The standard InChI is InChI=1S/C18H22N2O3/c1-18(2,3)16(21)17(22)20-14-7-4-8-15(10-14)23-12-13-6-5-9-19-11-13/h4-11,16,21H,12H2,1-3H3,(H,20,22). The van der Waals surface area contributed by atoms with Crippen molar-refractivity contribution in [2.45, 2.75) is 33.5 Å². The number of amides is 1. The lowest BCUT2D eigenvalue weighted by molar-refractivity contribution is -0.129. The minimum atomic E-state index is -1.08. The second kappa shape index (κ2) is 7.24. The van der Waals surface area contributed by atoms with Gasteiger partial charge in [0.05, 0.1) is 0 Å². The Morgan fingerprint density at radius 2 is 2.09 bits per heavy atom. The number of benzene rings is 1. The Hall–Kier alpha value is -2.40. The predicted octanol–water partition coefficient (Wildman–Crippen LogP) is 3.01. The molecular formula is C18H22N2O3. The largest absolute Gasteiger partial charge is 0.489 e. The molecule has 0 aliphatic heterocycles. The average molecular weight is 314 g/mol. The van der Waals surface area contributed by atoms with Crippen LogP contribution in [-0.4, -0.2) is 22.1 Å². The molecule has 0 saturated carbocycles. The zero-order chi connectivity index (χ0) is 16.9. The van der Waals surface area contributed by atoms with E-state index in [-0.39, 0.29) is 0 Å². The summed E-state index contributed by atoms with van der Waals surface area (Å²) in [4.78, 5) is 16.1. The van der Waals surface area contributed by atoms with Crippen molar-refractivity contribution in [2.24, 2.45) is 5.41 Å². The smallest absolute Gasteiger partial charge is 0.253 e. The quantitative estimate of drug-likeness (QED) is 0.890. The minimum absolute atomic E-state index is 0.399. The van der Waals surface area contributed by atoms with Crippen molar-refractivity contribution in [1.82, 2.24) is 4.98 Å². The Bertz CT molecular complexity index is 651. The van der Waals surface area contributed by atoms with Gasteiger partial charge in [0.15, 0.2) is 0 Å². The Kier molecular flexibility index (Phi) is 5.34. The summed E-state index contributed by atoms with van der Waals surface area (Å²) in [5.74, 6) is 0.207. The first-order chi connectivity index (χ1) is 10.9. The first kappa shape index (κ1) is 17.0. The normalized spacial score (nSPS) is 12.5. The molecule has 5 heteroatoms. The predicted molar refractivity (Wildman–Crippen MR) is 89.1 cm³/mol. The van der Waals surface area contributed by atoms with Gasteiger partial charge in [0.1, 0.15) is 18.5 Å². The number of nitrogens with one attached hydrogen (secondary N) is 1. The molecule has 23 heavy (non-hydrogen) atoms. The van der Waals surface area contributed by atoms with Crippen LogP contribution in [0.25, 0.3) is 0 Å². The van der Waals surface area contributed by atoms with Crippen LogP contribution < -0.4 is 10.1 Å². The van der Waals surface area contributed by atoms with Crippen molar-refractivity contribution in [3.63, 3.8) is 0 Å². The van der Waals surface area contributed by atoms with Gasteiger partial charge < -0.3 is 15.2 Å². The maximum atomic E-state index is 12.0. The summed E-state index contributed by atoms with van der Waals surface area (Å²) >= 11 is 0. The number of pyridine rings is 1. The molecule has 1 aromatic heterocycles. The molecule has 1 unspecified atom stereocenters. The number of nitrogens with zero attached hydrogens (tertiary/aromatic N) is 1. The van der Waals surface area contributed by atoms with E-state index in [0.717, 1.165) is 5.56 Å². The van der Waals surface area contributed by atoms with E-state index < -0.39 is 17.4 Å². The van der Waals surface area contributed by atoms with E-state index in [1.165, 1.54) is 0 Å². The summed E-state index contributed by atoms with van der Waals surface area (Å²) in [6.07, 6.45) is 2.37. The molecule has 1 aromatic carbocycles. The molecule has 0 aliphatic carbocycles. The number of aliphatic hydroxyl groups excluding tert-OH is 1. The van der Waals surface area contributed by atoms with Gasteiger partial charge in [0.2, 0.25) is 0 Å². The topological polar surface area (TPSA) is 71.5 Å². The summed E-state index contributed by atoms with van der Waals surface area (Å²) in [6.45, 7) is 5.83. The molecule has 1 atom stereocenters. The lowest BCUT2D eigenvalue weighted by atomic mass is 9.88. The number of carbonyl (C=O) groups is 1. The van der Waals surface area contributed by atoms with Gasteiger partial charge in [-0.05, 0) is 23.6 Å². The molecule has 0 radical (unpaired) electrons. The molecule has 1 heterocycles. The van der Waals surface area contributed by atoms with Crippen molar-refractivity contribution in [3.8, 4) is 5.75 Å². The van der Waals surface area contributed by atoms with Crippen LogP contribution in [0.5, 0.6) is 5.75 Å². The lowest BCUT2D eigenvalue weighted by Gasteiger charge is -2.24. The number of carbonyl (C=O) groups excluding carboxylic acids is 1. The van der Waals surface area contributed by atoms with Crippen LogP contribution >= 0.6 is 0 Å². The van der Waals surface area contributed by atoms with Gasteiger partial charge >= 0.3 is 0 Å². The van der Waals surface area contributed by atoms with Crippen LogP contribution in [0.1, 0.15) is 26.3 Å². The van der Waals surface area contributed by atoms with E-state index in [4.69, 9.17) is 4.74 Å². The fraction of sp³-hybridized carbons (Fsp3) is 0.333. The highest BCUT2D eigenvalue weighted by atomic mass is 16.5. The van der Waals surface area contributed by atoms with E-state index in [1.54, 1.807) is 30.6 Å². The van der Waals surface area contributed by atoms with Crippen molar-refractivity contribution in [2.75, 3.05) is 5.32 Å². The molecule has 122 valence electrons. The Balaban J connectivity index is 1.98. The van der Waals surface area contributed by atoms with E-state index in [2.05, 4.69) is 10.3 Å². The lowest BCUT2D eigenvalue weighted by Crippen LogP contribution is -2.38. The number of hydrogen-bond donors (Lipinski definition) is 2. The van der Waals surface area contributed by atoms with E-state index in [1.807, 2.05) is 39.0 Å². The monoisotopic (exact) mass is 314 g/mol. The van der Waals surface area contributed by atoms with Crippen LogP contribution in [0.15, 0.2) is 48.8 Å². The highest BCUT2D eigenvalue weighted by Crippen LogP contribution is 2.22. The van der Waals surface area contributed by atoms with Gasteiger partial charge in [-0.1, -0.05) is 32.9 Å². The summed E-state index contributed by atoms with van der Waals surface area (Å²) in [5.41, 5.74) is 1.03. The SMILES string of the molecule is CC(C)(C)C(O)C(=O)Nc1cccc(OCc2cccnc2)c1. The molecule has 0 saturated heterocycles. The zero-order valence-electron chi connectivity index (χ0n) is 13.6. The van der Waals surface area contributed by atoms with E-state index >= 15 is 0 Å². The third-order valence-electron chi connectivity index (χ3n) is 3.30. The summed E-state index contributed by atoms with van der Waals surface area (Å²) in [7, 11) is 0. The van der Waals surface area contributed by atoms with Gasteiger partial charge in [0.25, 0.3) is 5.91 Å². The molecule has 5 nitrogen and oxygen atoms in total. The number of hydrogen-bond acceptors (Lipinski definition) is 4. The second-order valence-electron chi connectivity index (χ2n) is 6.44. The number of aromatic nitrogens is 1. The van der Waals surface area contributed by atoms with Crippen LogP contribution in [-0.2, 0) is 11.4 Å². The summed E-state index contributed by atoms with van der Waals surface area (Å²) < 4.78 is 5.69. The Morgan fingerprint density at radius 3 is 2.74 bits per heavy atom. The number of anilines is 1. The van der Waals surface area contributed by atoms with E-state index in [0.29, 0.717) is 18.0 Å². The minimum Gasteiger partial charge on any atom is -0.489 e. The second-order valence-corrected chi connectivity index (χ2v) is 6.44. The molecule has 2 rings (SSSR count). The van der Waals surface area contributed by atoms with Gasteiger partial charge in [0, 0.05) is 29.7 Å². The van der Waals surface area contributed by atoms with Gasteiger partial charge in [-0.15, -0.1) is 0 Å². The molecular weight excluding hydrogens is 292 g/mol. The van der Waals surface area contributed by atoms with Crippen LogP contribution in [0.2, 0.25) is 0 Å². The van der Waals surface area contributed by atoms with Crippen LogP contribution in [0, 0.1) is 5.41 Å². The van der Waals surface area contributed by atoms with Crippen molar-refractivity contribution in [3.05, 3.63) is 54.4 Å². The fourth-order valence-corrected chi connectivity index (χ4v) is 1.92. The van der Waals surface area contributed by atoms with Gasteiger partial charge in [-0.25, -0.2) is 0 Å². The van der Waals surface area contributed by atoms with Crippen molar-refractivity contribution in [1.29, 1.82) is 0 Å². The van der Waals surface area contributed by atoms with E-state index in [9.17, 15) is 9.90 Å². The maximum Gasteiger partial charge on any atom is 0.253 e. The third kappa shape index (κ3) is 5.07. The van der Waals surface area contributed by atoms with Gasteiger partial charge in [-0.3, -0.25) is 9.78 Å².